The smallest absolute Gasteiger partial charge is 0.421 e. The van der Waals surface area contributed by atoms with Gasteiger partial charge in [0.1, 0.15) is 57.6 Å². The average Bonchev–Trinajstić information content (AvgIpc) is 3.51. The molecule has 11 nitrogen and oxygen atoms in total. The van der Waals surface area contributed by atoms with Gasteiger partial charge in [0.25, 0.3) is 5.91 Å². The maximum Gasteiger partial charge on any atom is 0.421 e. The minimum Gasteiger partial charge on any atom is -0.588 e. The molecule has 2 aromatic carbocycles. The summed E-state index contributed by atoms with van der Waals surface area (Å²) in [6, 6.07) is 11.2. The van der Waals surface area contributed by atoms with Gasteiger partial charge in [-0.05, 0) is 36.8 Å². The Morgan fingerprint density at radius 3 is 2.59 bits per heavy atom. The van der Waals surface area contributed by atoms with E-state index in [9.17, 15) is 22.5 Å². The Bertz CT molecular complexity index is 1430. The molecule has 0 bridgehead atoms. The number of alkyl halides is 2. The number of rotatable bonds is 12. The third kappa shape index (κ3) is 6.63. The number of amides is 1. The number of nitrogens with two attached hydrogens (primary N) is 1. The van der Waals surface area contributed by atoms with E-state index in [-0.39, 0.29) is 35.1 Å². The zero-order chi connectivity index (χ0) is 28.1. The fraction of sp³-hybridized carbons (Fsp3) is 0.208. The van der Waals surface area contributed by atoms with E-state index in [0.717, 1.165) is 0 Å². The minimum atomic E-state index is -3.17. The van der Waals surface area contributed by atoms with Crippen LogP contribution in [-0.4, -0.2) is 45.3 Å². The van der Waals surface area contributed by atoms with Crippen molar-refractivity contribution in [1.29, 1.82) is 0 Å². The highest BCUT2D eigenvalue weighted by Crippen LogP contribution is 2.37. The average molecular weight is 565 g/mol. The van der Waals surface area contributed by atoms with E-state index in [1.54, 1.807) is 13.0 Å². The minimum absolute atomic E-state index is 0.00730. The van der Waals surface area contributed by atoms with Crippen LogP contribution in [0.3, 0.4) is 0 Å². The van der Waals surface area contributed by atoms with Gasteiger partial charge >= 0.3 is 5.76 Å². The number of hydrogen-bond donors (Lipinski definition) is 4. The number of carbonyl (C=O) groups excluding carboxylic acids is 1. The lowest BCUT2D eigenvalue weighted by molar-refractivity contribution is 0.0815. The van der Waals surface area contributed by atoms with Crippen LogP contribution < -0.4 is 20.5 Å². The normalized spacial score (nSPS) is 12.8. The van der Waals surface area contributed by atoms with E-state index in [0.29, 0.717) is 22.7 Å². The number of H-pyrrole nitrogens is 1. The Morgan fingerprint density at radius 2 is 1.97 bits per heavy atom. The highest BCUT2D eigenvalue weighted by molar-refractivity contribution is 7.93. The van der Waals surface area contributed by atoms with Crippen molar-refractivity contribution in [1.82, 2.24) is 15.4 Å². The monoisotopic (exact) mass is 564 g/mol. The number of aryl methyl sites for hydroxylation is 1. The van der Waals surface area contributed by atoms with Crippen molar-refractivity contribution in [2.24, 2.45) is 5.73 Å². The van der Waals surface area contributed by atoms with Crippen LogP contribution in [-0.2, 0) is 16.1 Å². The van der Waals surface area contributed by atoms with Crippen LogP contribution in [0, 0.1) is 12.7 Å². The molecule has 0 saturated heterocycles. The summed E-state index contributed by atoms with van der Waals surface area (Å²) in [5.41, 5.74) is 6.52. The van der Waals surface area contributed by atoms with Crippen LogP contribution in [0.15, 0.2) is 53.1 Å². The number of nitrogens with one attached hydrogen (secondary N) is 3. The van der Waals surface area contributed by atoms with Gasteiger partial charge in [-0.3, -0.25) is 9.89 Å². The van der Waals surface area contributed by atoms with Gasteiger partial charge in [0.15, 0.2) is 5.82 Å². The number of methoxy groups -OCH3 is 1. The summed E-state index contributed by atoms with van der Waals surface area (Å²) in [7, 11) is 1.43. The number of aromatic nitrogens is 3. The second kappa shape index (κ2) is 12.1. The largest absolute Gasteiger partial charge is 0.588 e. The number of primary amides is 1. The van der Waals surface area contributed by atoms with Gasteiger partial charge in [-0.25, -0.2) is 4.39 Å². The van der Waals surface area contributed by atoms with Gasteiger partial charge in [0.05, 0.1) is 6.61 Å². The first-order valence-corrected chi connectivity index (χ1v) is 12.5. The lowest BCUT2D eigenvalue weighted by Crippen LogP contribution is -2.22. The van der Waals surface area contributed by atoms with E-state index in [1.807, 2.05) is 0 Å². The molecule has 4 aromatic rings. The molecule has 0 aliphatic carbocycles. The number of carbonyl (C=O) groups is 1. The van der Waals surface area contributed by atoms with Crippen LogP contribution in [0.4, 0.5) is 30.5 Å². The standard InChI is InChI=1S/C24H23F3N6O5S/c1-12-9-19(32-38-12)29-23-20(22(28)34)21(30-31-23)14-5-8-16(33-39(35)24(26)27)17(10-14)37-18(11-36-2)13-3-6-15(25)7-4-13/h3-10,18,24,33H,11H2,1-2H3,(H2,28,34)(H2,29,30,31,32). The maximum absolute atomic E-state index is 13.5. The molecule has 2 unspecified atom stereocenters. The van der Waals surface area contributed by atoms with Crippen LogP contribution in [0.25, 0.3) is 11.3 Å². The van der Waals surface area contributed by atoms with Gasteiger partial charge < -0.3 is 29.6 Å². The molecule has 0 fully saturated rings. The summed E-state index contributed by atoms with van der Waals surface area (Å²) in [6.07, 6.45) is -0.811. The van der Waals surface area contributed by atoms with Crippen molar-refractivity contribution in [3.63, 3.8) is 0 Å². The van der Waals surface area contributed by atoms with Crippen molar-refractivity contribution < 1.29 is 36.5 Å². The summed E-state index contributed by atoms with van der Waals surface area (Å²) in [5, 5.41) is 13.5. The zero-order valence-corrected chi connectivity index (χ0v) is 21.4. The molecule has 206 valence electrons. The SMILES string of the molecule is COCC(Oc1cc(-c2n[nH]c(Nc3cc(C)on3)c2C(N)=O)ccc1N[S+]([O-])C(F)F)c1ccc(F)cc1. The van der Waals surface area contributed by atoms with Crippen molar-refractivity contribution in [2.75, 3.05) is 23.8 Å². The third-order valence-electron chi connectivity index (χ3n) is 5.35. The molecular weight excluding hydrogens is 541 g/mol. The lowest BCUT2D eigenvalue weighted by atomic mass is 10.1. The molecule has 0 saturated carbocycles. The first-order valence-electron chi connectivity index (χ1n) is 11.3. The predicted molar refractivity (Wildman–Crippen MR) is 136 cm³/mol. The number of nitrogens with zero attached hydrogens (tertiary/aromatic N) is 2. The van der Waals surface area contributed by atoms with Crippen molar-refractivity contribution >= 4 is 34.6 Å². The fourth-order valence-electron chi connectivity index (χ4n) is 3.62. The molecule has 0 aliphatic heterocycles. The summed E-state index contributed by atoms with van der Waals surface area (Å²) in [6.45, 7) is 1.69. The number of halogens is 3. The summed E-state index contributed by atoms with van der Waals surface area (Å²) < 4.78 is 70.0. The Balaban J connectivity index is 1.75. The van der Waals surface area contributed by atoms with Crippen LogP contribution in [0.5, 0.6) is 5.75 Å². The highest BCUT2D eigenvalue weighted by Gasteiger charge is 2.26. The Morgan fingerprint density at radius 1 is 1.23 bits per heavy atom. The van der Waals surface area contributed by atoms with E-state index in [2.05, 4.69) is 25.4 Å². The second-order valence-electron chi connectivity index (χ2n) is 8.12. The zero-order valence-electron chi connectivity index (χ0n) is 20.5. The van der Waals surface area contributed by atoms with Crippen molar-refractivity contribution in [3.8, 4) is 17.0 Å². The molecule has 2 heterocycles. The second-order valence-corrected chi connectivity index (χ2v) is 9.27. The van der Waals surface area contributed by atoms with Crippen molar-refractivity contribution in [2.45, 2.75) is 18.8 Å². The Kier molecular flexibility index (Phi) is 8.63. The summed E-state index contributed by atoms with van der Waals surface area (Å²) in [4.78, 5) is 12.4. The van der Waals surface area contributed by atoms with E-state index in [1.165, 1.54) is 49.6 Å². The van der Waals surface area contributed by atoms with Gasteiger partial charge in [0.2, 0.25) is 0 Å². The van der Waals surface area contributed by atoms with Gasteiger partial charge in [-0.15, -0.1) is 0 Å². The number of aromatic amines is 1. The number of benzene rings is 2. The molecule has 39 heavy (non-hydrogen) atoms. The molecule has 0 radical (unpaired) electrons. The third-order valence-corrected chi connectivity index (χ3v) is 6.09. The van der Waals surface area contributed by atoms with E-state index < -0.39 is 34.9 Å². The molecule has 2 aromatic heterocycles. The topological polar surface area (TPSA) is 163 Å². The lowest BCUT2D eigenvalue weighted by Gasteiger charge is -2.22. The van der Waals surface area contributed by atoms with Gasteiger partial charge in [-0.1, -0.05) is 23.4 Å². The molecule has 15 heteroatoms. The van der Waals surface area contributed by atoms with Gasteiger partial charge in [-0.2, -0.15) is 18.6 Å². The molecule has 5 N–H and O–H groups in total. The Labute approximate surface area is 223 Å². The molecule has 2 atom stereocenters. The molecular formula is C24H23F3N6O5S. The number of anilines is 3. The van der Waals surface area contributed by atoms with E-state index >= 15 is 0 Å². The molecule has 0 aliphatic rings. The summed E-state index contributed by atoms with van der Waals surface area (Å²) in [5.74, 6) is -3.53. The van der Waals surface area contributed by atoms with Crippen LogP contribution >= 0.6 is 0 Å². The Hall–Kier alpha value is -4.21. The molecule has 4 rings (SSSR count). The summed E-state index contributed by atoms with van der Waals surface area (Å²) >= 11 is -2.74. The van der Waals surface area contributed by atoms with Gasteiger partial charge in [0, 0.05) is 18.7 Å². The highest BCUT2D eigenvalue weighted by atomic mass is 32.2. The number of ether oxygens (including phenoxy) is 2. The van der Waals surface area contributed by atoms with Crippen molar-refractivity contribution in [3.05, 3.63) is 71.2 Å². The van der Waals surface area contributed by atoms with Crippen LogP contribution in [0.2, 0.25) is 0 Å². The maximum atomic E-state index is 13.5. The molecule has 0 spiro atoms. The number of hydrogen-bond acceptors (Lipinski definition) is 9. The fourth-order valence-corrected chi connectivity index (χ4v) is 4.09. The van der Waals surface area contributed by atoms with E-state index in [4.69, 9.17) is 19.7 Å². The first-order chi connectivity index (χ1) is 18.7. The van der Waals surface area contributed by atoms with Crippen LogP contribution in [0.1, 0.15) is 27.8 Å². The molecule has 1 amide bonds. The predicted octanol–water partition coefficient (Wildman–Crippen LogP) is 4.42. The first kappa shape index (κ1) is 27.8. The quantitative estimate of drug-likeness (QED) is 0.182.